The minimum absolute atomic E-state index is 0.103. The Bertz CT molecular complexity index is 451. The number of hydrogen-bond donors (Lipinski definition) is 1. The SMILES string of the molecule is NC(=O)Cc1ncc2sccc2n1. The van der Waals surface area contributed by atoms with Crippen molar-refractivity contribution in [2.45, 2.75) is 6.42 Å². The smallest absolute Gasteiger partial charge is 0.225 e. The number of aromatic nitrogens is 2. The average molecular weight is 193 g/mol. The number of hydrogen-bond acceptors (Lipinski definition) is 4. The Hall–Kier alpha value is -1.49. The van der Waals surface area contributed by atoms with E-state index in [1.54, 1.807) is 17.5 Å². The number of rotatable bonds is 2. The lowest BCUT2D eigenvalue weighted by atomic mass is 10.3. The van der Waals surface area contributed by atoms with Crippen molar-refractivity contribution in [1.29, 1.82) is 0 Å². The van der Waals surface area contributed by atoms with E-state index < -0.39 is 5.91 Å². The number of carbonyl (C=O) groups excluding carboxylic acids is 1. The lowest BCUT2D eigenvalue weighted by molar-refractivity contribution is -0.117. The fourth-order valence-electron chi connectivity index (χ4n) is 1.05. The minimum Gasteiger partial charge on any atom is -0.369 e. The summed E-state index contributed by atoms with van der Waals surface area (Å²) in [4.78, 5) is 18.8. The van der Waals surface area contributed by atoms with Gasteiger partial charge < -0.3 is 5.73 Å². The number of nitrogens with zero attached hydrogens (tertiary/aromatic N) is 2. The van der Waals surface area contributed by atoms with Gasteiger partial charge in [-0.2, -0.15) is 0 Å². The fraction of sp³-hybridized carbons (Fsp3) is 0.125. The maximum atomic E-state index is 10.6. The van der Waals surface area contributed by atoms with Crippen LogP contribution < -0.4 is 5.73 Å². The molecule has 0 bridgehead atoms. The van der Waals surface area contributed by atoms with Gasteiger partial charge in [0.15, 0.2) is 0 Å². The van der Waals surface area contributed by atoms with Crippen molar-refractivity contribution in [3.63, 3.8) is 0 Å². The summed E-state index contributed by atoms with van der Waals surface area (Å²) in [6.07, 6.45) is 1.82. The van der Waals surface area contributed by atoms with Crippen molar-refractivity contribution in [1.82, 2.24) is 9.97 Å². The minimum atomic E-state index is -0.408. The fourth-order valence-corrected chi connectivity index (χ4v) is 1.74. The summed E-state index contributed by atoms with van der Waals surface area (Å²) in [5.41, 5.74) is 5.90. The van der Waals surface area contributed by atoms with Crippen molar-refractivity contribution in [2.24, 2.45) is 5.73 Å². The van der Waals surface area contributed by atoms with E-state index in [0.29, 0.717) is 5.82 Å². The van der Waals surface area contributed by atoms with E-state index in [1.165, 1.54) is 0 Å². The zero-order chi connectivity index (χ0) is 9.26. The molecule has 2 aromatic rings. The van der Waals surface area contributed by atoms with Gasteiger partial charge in [-0.1, -0.05) is 0 Å². The highest BCUT2D eigenvalue weighted by Crippen LogP contribution is 2.16. The van der Waals surface area contributed by atoms with Crippen LogP contribution >= 0.6 is 11.3 Å². The molecule has 13 heavy (non-hydrogen) atoms. The van der Waals surface area contributed by atoms with Crippen LogP contribution in [0.1, 0.15) is 5.82 Å². The molecule has 0 spiro atoms. The monoisotopic (exact) mass is 193 g/mol. The third-order valence-electron chi connectivity index (χ3n) is 1.59. The Balaban J connectivity index is 2.42. The standard InChI is InChI=1S/C8H7N3OS/c9-7(12)3-8-10-4-6-5(11-8)1-2-13-6/h1-2,4H,3H2,(H2,9,12). The molecular weight excluding hydrogens is 186 g/mol. The van der Waals surface area contributed by atoms with Gasteiger partial charge in [0.05, 0.1) is 16.6 Å². The average Bonchev–Trinajstić information content (AvgIpc) is 2.49. The third kappa shape index (κ3) is 1.65. The van der Waals surface area contributed by atoms with Crippen LogP contribution in [0.2, 0.25) is 0 Å². The van der Waals surface area contributed by atoms with Crippen molar-refractivity contribution in [3.8, 4) is 0 Å². The number of primary amides is 1. The molecular formula is C8H7N3OS. The van der Waals surface area contributed by atoms with Crippen LogP contribution in [0.5, 0.6) is 0 Å². The molecule has 1 amide bonds. The Labute approximate surface area is 78.4 Å². The summed E-state index contributed by atoms with van der Waals surface area (Å²) < 4.78 is 1.02. The van der Waals surface area contributed by atoms with Crippen LogP contribution in [0.15, 0.2) is 17.6 Å². The molecule has 0 atom stereocenters. The summed E-state index contributed by atoms with van der Waals surface area (Å²) in [5.74, 6) is 0.0768. The number of fused-ring (bicyclic) bond motifs is 1. The number of carbonyl (C=O) groups is 1. The van der Waals surface area contributed by atoms with Crippen LogP contribution in [0, 0.1) is 0 Å². The maximum absolute atomic E-state index is 10.6. The quantitative estimate of drug-likeness (QED) is 0.764. The van der Waals surface area contributed by atoms with E-state index in [1.807, 2.05) is 11.4 Å². The van der Waals surface area contributed by atoms with E-state index in [9.17, 15) is 4.79 Å². The first kappa shape index (κ1) is 8.12. The van der Waals surface area contributed by atoms with Gasteiger partial charge in [0.2, 0.25) is 5.91 Å². The van der Waals surface area contributed by atoms with E-state index >= 15 is 0 Å². The molecule has 66 valence electrons. The molecule has 2 heterocycles. The number of thiophene rings is 1. The van der Waals surface area contributed by atoms with Crippen molar-refractivity contribution < 1.29 is 4.79 Å². The highest BCUT2D eigenvalue weighted by atomic mass is 32.1. The second-order valence-corrected chi connectivity index (χ2v) is 3.55. The lowest BCUT2D eigenvalue weighted by Crippen LogP contribution is -2.15. The Morgan fingerprint density at radius 2 is 2.46 bits per heavy atom. The summed E-state index contributed by atoms with van der Waals surface area (Å²) in [6, 6.07) is 1.90. The van der Waals surface area contributed by atoms with Crippen LogP contribution in [-0.4, -0.2) is 15.9 Å². The van der Waals surface area contributed by atoms with Gasteiger partial charge >= 0.3 is 0 Å². The van der Waals surface area contributed by atoms with Gasteiger partial charge in [-0.25, -0.2) is 9.97 Å². The van der Waals surface area contributed by atoms with E-state index in [4.69, 9.17) is 5.73 Å². The molecule has 0 saturated carbocycles. The molecule has 5 heteroatoms. The van der Waals surface area contributed by atoms with Crippen LogP contribution in [-0.2, 0) is 11.2 Å². The van der Waals surface area contributed by atoms with Crippen molar-refractivity contribution in [3.05, 3.63) is 23.5 Å². The largest absolute Gasteiger partial charge is 0.369 e. The molecule has 0 aliphatic heterocycles. The number of amides is 1. The highest BCUT2D eigenvalue weighted by molar-refractivity contribution is 7.17. The van der Waals surface area contributed by atoms with Gasteiger partial charge in [-0.3, -0.25) is 4.79 Å². The molecule has 0 saturated heterocycles. The molecule has 2 N–H and O–H groups in total. The first-order valence-corrected chi connectivity index (χ1v) is 4.61. The molecule has 2 aromatic heterocycles. The molecule has 0 aliphatic carbocycles. The highest BCUT2D eigenvalue weighted by Gasteiger charge is 2.03. The molecule has 0 aliphatic rings. The maximum Gasteiger partial charge on any atom is 0.225 e. The predicted octanol–water partition coefficient (Wildman–Crippen LogP) is 0.719. The second-order valence-electron chi connectivity index (χ2n) is 2.60. The topological polar surface area (TPSA) is 68.9 Å². The van der Waals surface area contributed by atoms with Gasteiger partial charge in [-0.05, 0) is 11.4 Å². The Morgan fingerprint density at radius 1 is 1.62 bits per heavy atom. The van der Waals surface area contributed by atoms with Crippen molar-refractivity contribution >= 4 is 27.5 Å². The molecule has 0 fully saturated rings. The van der Waals surface area contributed by atoms with Gasteiger partial charge in [0, 0.05) is 6.20 Å². The van der Waals surface area contributed by atoms with E-state index in [0.717, 1.165) is 10.2 Å². The van der Waals surface area contributed by atoms with Crippen LogP contribution in [0.25, 0.3) is 10.2 Å². The first-order chi connectivity index (χ1) is 6.25. The summed E-state index contributed by atoms with van der Waals surface area (Å²) in [6.45, 7) is 0. The van der Waals surface area contributed by atoms with Gasteiger partial charge in [0.1, 0.15) is 5.82 Å². The summed E-state index contributed by atoms with van der Waals surface area (Å²) in [5, 5.41) is 1.94. The van der Waals surface area contributed by atoms with Crippen LogP contribution in [0.4, 0.5) is 0 Å². The first-order valence-electron chi connectivity index (χ1n) is 3.73. The third-order valence-corrected chi connectivity index (χ3v) is 2.43. The second kappa shape index (κ2) is 3.10. The van der Waals surface area contributed by atoms with Gasteiger partial charge in [0.25, 0.3) is 0 Å². The number of nitrogens with two attached hydrogens (primary N) is 1. The summed E-state index contributed by atoms with van der Waals surface area (Å²) in [7, 11) is 0. The normalized spacial score (nSPS) is 10.5. The predicted molar refractivity (Wildman–Crippen MR) is 50.3 cm³/mol. The molecule has 2 rings (SSSR count). The molecule has 4 nitrogen and oxygen atoms in total. The van der Waals surface area contributed by atoms with Crippen molar-refractivity contribution in [2.75, 3.05) is 0 Å². The zero-order valence-corrected chi connectivity index (χ0v) is 7.54. The Kier molecular flexibility index (Phi) is 1.94. The summed E-state index contributed by atoms with van der Waals surface area (Å²) >= 11 is 1.57. The zero-order valence-electron chi connectivity index (χ0n) is 6.73. The molecule has 0 unspecified atom stereocenters. The Morgan fingerprint density at radius 3 is 3.23 bits per heavy atom. The molecule has 0 aromatic carbocycles. The van der Waals surface area contributed by atoms with E-state index in [2.05, 4.69) is 9.97 Å². The molecule has 0 radical (unpaired) electrons. The van der Waals surface area contributed by atoms with Gasteiger partial charge in [-0.15, -0.1) is 11.3 Å². The lowest BCUT2D eigenvalue weighted by Gasteiger charge is -1.94. The van der Waals surface area contributed by atoms with E-state index in [-0.39, 0.29) is 6.42 Å². The van der Waals surface area contributed by atoms with Crippen LogP contribution in [0.3, 0.4) is 0 Å².